The van der Waals surface area contributed by atoms with E-state index in [1.165, 1.54) is 24.3 Å². The highest BCUT2D eigenvalue weighted by Gasteiger charge is 2.23. The molecular formula is C22H27N5O4. The molecule has 9 heteroatoms. The summed E-state index contributed by atoms with van der Waals surface area (Å²) < 4.78 is 0. The van der Waals surface area contributed by atoms with Crippen LogP contribution in [-0.2, 0) is 0 Å². The van der Waals surface area contributed by atoms with E-state index in [0.29, 0.717) is 30.0 Å². The molecule has 1 aliphatic heterocycles. The summed E-state index contributed by atoms with van der Waals surface area (Å²) in [4.78, 5) is 39.7. The van der Waals surface area contributed by atoms with E-state index in [2.05, 4.69) is 15.5 Å². The first-order valence-electron chi connectivity index (χ1n) is 10.4. The van der Waals surface area contributed by atoms with E-state index in [1.807, 2.05) is 19.9 Å². The molecule has 0 spiro atoms. The number of nitro groups is 1. The summed E-state index contributed by atoms with van der Waals surface area (Å²) >= 11 is 0. The molecule has 1 heterocycles. The lowest BCUT2D eigenvalue weighted by Crippen LogP contribution is -2.32. The van der Waals surface area contributed by atoms with Gasteiger partial charge in [0.15, 0.2) is 0 Å². The largest absolute Gasteiger partial charge is 0.371 e. The zero-order chi connectivity index (χ0) is 22.4. The minimum Gasteiger partial charge on any atom is -0.371 e. The van der Waals surface area contributed by atoms with Crippen LogP contribution in [0.4, 0.5) is 27.5 Å². The number of benzene rings is 2. The molecule has 2 aromatic rings. The maximum atomic E-state index is 13.1. The van der Waals surface area contributed by atoms with Crippen molar-refractivity contribution in [1.29, 1.82) is 0 Å². The van der Waals surface area contributed by atoms with Crippen LogP contribution in [0.2, 0.25) is 0 Å². The molecule has 31 heavy (non-hydrogen) atoms. The van der Waals surface area contributed by atoms with Crippen molar-refractivity contribution >= 4 is 34.7 Å². The molecule has 1 saturated heterocycles. The van der Waals surface area contributed by atoms with E-state index in [9.17, 15) is 19.7 Å². The third-order valence-corrected chi connectivity index (χ3v) is 5.32. The standard InChI is InChI=1S/C22H27N5O4/c1-3-25(4-2)21(28)19-15-17(9-12-20(19)26-13-5-6-14-26)24-22(29)23-16-7-10-18(11-8-16)27(30)31/h7-12,15H,3-6,13-14H2,1-2H3,(H2,23,24,29). The summed E-state index contributed by atoms with van der Waals surface area (Å²) in [6.45, 7) is 6.91. The maximum Gasteiger partial charge on any atom is 0.323 e. The number of carbonyl (C=O) groups excluding carboxylic acids is 2. The normalized spacial score (nSPS) is 13.0. The Morgan fingerprint density at radius 2 is 1.58 bits per heavy atom. The van der Waals surface area contributed by atoms with E-state index in [-0.39, 0.29) is 11.6 Å². The first-order chi connectivity index (χ1) is 14.9. The van der Waals surface area contributed by atoms with Crippen LogP contribution in [0.25, 0.3) is 0 Å². The average molecular weight is 425 g/mol. The van der Waals surface area contributed by atoms with Gasteiger partial charge in [0.1, 0.15) is 0 Å². The van der Waals surface area contributed by atoms with Crippen molar-refractivity contribution in [3.63, 3.8) is 0 Å². The maximum absolute atomic E-state index is 13.1. The number of nitro benzene ring substituents is 1. The number of rotatable bonds is 7. The Morgan fingerprint density at radius 1 is 1.00 bits per heavy atom. The van der Waals surface area contributed by atoms with Gasteiger partial charge in [-0.1, -0.05) is 0 Å². The average Bonchev–Trinajstić information content (AvgIpc) is 3.29. The molecule has 0 bridgehead atoms. The summed E-state index contributed by atoms with van der Waals surface area (Å²) in [6.07, 6.45) is 2.19. The predicted octanol–water partition coefficient (Wildman–Crippen LogP) is 4.32. The Hall–Kier alpha value is -3.62. The lowest BCUT2D eigenvalue weighted by Gasteiger charge is -2.25. The number of hydrogen-bond donors (Lipinski definition) is 2. The van der Waals surface area contributed by atoms with Crippen molar-refractivity contribution in [3.8, 4) is 0 Å². The molecule has 2 aromatic carbocycles. The summed E-state index contributed by atoms with van der Waals surface area (Å²) in [5.74, 6) is -0.0636. The van der Waals surface area contributed by atoms with E-state index in [1.54, 1.807) is 17.0 Å². The van der Waals surface area contributed by atoms with E-state index >= 15 is 0 Å². The number of urea groups is 1. The van der Waals surface area contributed by atoms with E-state index < -0.39 is 11.0 Å². The third kappa shape index (κ3) is 5.30. The van der Waals surface area contributed by atoms with Gasteiger partial charge in [0, 0.05) is 55.4 Å². The van der Waals surface area contributed by atoms with Crippen molar-refractivity contribution in [2.24, 2.45) is 0 Å². The van der Waals surface area contributed by atoms with Crippen molar-refractivity contribution in [1.82, 2.24) is 4.90 Å². The molecule has 0 aromatic heterocycles. The van der Waals surface area contributed by atoms with Crippen molar-refractivity contribution in [2.75, 3.05) is 41.7 Å². The summed E-state index contributed by atoms with van der Waals surface area (Å²) in [5, 5.41) is 16.1. The molecule has 0 unspecified atom stereocenters. The van der Waals surface area contributed by atoms with Gasteiger partial charge in [0.05, 0.1) is 10.5 Å². The number of hydrogen-bond acceptors (Lipinski definition) is 5. The van der Waals surface area contributed by atoms with Gasteiger partial charge < -0.3 is 20.4 Å². The number of nitrogens with zero attached hydrogens (tertiary/aromatic N) is 3. The molecule has 0 atom stereocenters. The molecule has 0 radical (unpaired) electrons. The summed E-state index contributed by atoms with van der Waals surface area (Å²) in [5.41, 5.74) is 2.33. The van der Waals surface area contributed by atoms with Crippen LogP contribution in [0.1, 0.15) is 37.0 Å². The fourth-order valence-electron chi connectivity index (χ4n) is 3.66. The second-order valence-corrected chi connectivity index (χ2v) is 7.29. The second-order valence-electron chi connectivity index (χ2n) is 7.29. The molecule has 0 aliphatic carbocycles. The quantitative estimate of drug-likeness (QED) is 0.507. The monoisotopic (exact) mass is 425 g/mol. The van der Waals surface area contributed by atoms with Gasteiger partial charge in [-0.15, -0.1) is 0 Å². The van der Waals surface area contributed by atoms with Gasteiger partial charge in [-0.05, 0) is 57.0 Å². The molecule has 3 amide bonds. The Balaban J connectivity index is 1.79. The lowest BCUT2D eigenvalue weighted by molar-refractivity contribution is -0.384. The molecule has 1 fully saturated rings. The fraction of sp³-hybridized carbons (Fsp3) is 0.364. The van der Waals surface area contributed by atoms with Gasteiger partial charge in [0.2, 0.25) is 0 Å². The van der Waals surface area contributed by atoms with E-state index in [0.717, 1.165) is 31.6 Å². The van der Waals surface area contributed by atoms with Crippen LogP contribution in [-0.4, -0.2) is 47.9 Å². The summed E-state index contributed by atoms with van der Waals surface area (Å²) in [6, 6.07) is 10.4. The van der Waals surface area contributed by atoms with Crippen LogP contribution < -0.4 is 15.5 Å². The van der Waals surface area contributed by atoms with Gasteiger partial charge in [-0.25, -0.2) is 4.79 Å². The third-order valence-electron chi connectivity index (χ3n) is 5.32. The second kappa shape index (κ2) is 9.92. The lowest BCUT2D eigenvalue weighted by atomic mass is 10.1. The number of nitrogens with one attached hydrogen (secondary N) is 2. The Kier molecular flexibility index (Phi) is 7.07. The molecule has 0 saturated carbocycles. The molecule has 3 rings (SSSR count). The van der Waals surface area contributed by atoms with Crippen LogP contribution in [0.3, 0.4) is 0 Å². The molecular weight excluding hydrogens is 398 g/mol. The number of amides is 3. The Bertz CT molecular complexity index is 951. The Labute approximate surface area is 181 Å². The van der Waals surface area contributed by atoms with Crippen molar-refractivity contribution < 1.29 is 14.5 Å². The minimum absolute atomic E-state index is 0.0528. The Morgan fingerprint density at radius 3 is 2.16 bits per heavy atom. The van der Waals surface area contributed by atoms with Crippen LogP contribution in [0.5, 0.6) is 0 Å². The molecule has 9 nitrogen and oxygen atoms in total. The minimum atomic E-state index is -0.500. The van der Waals surface area contributed by atoms with E-state index in [4.69, 9.17) is 0 Å². The highest BCUT2D eigenvalue weighted by Crippen LogP contribution is 2.29. The summed E-state index contributed by atoms with van der Waals surface area (Å²) in [7, 11) is 0. The zero-order valence-corrected chi connectivity index (χ0v) is 17.8. The van der Waals surface area contributed by atoms with Gasteiger partial charge in [-0.3, -0.25) is 14.9 Å². The topological polar surface area (TPSA) is 108 Å². The SMILES string of the molecule is CCN(CC)C(=O)c1cc(NC(=O)Nc2ccc([N+](=O)[O-])cc2)ccc1N1CCCC1. The van der Waals surface area contributed by atoms with Crippen LogP contribution >= 0.6 is 0 Å². The van der Waals surface area contributed by atoms with Gasteiger partial charge in [-0.2, -0.15) is 0 Å². The van der Waals surface area contributed by atoms with Gasteiger partial charge >= 0.3 is 6.03 Å². The first-order valence-corrected chi connectivity index (χ1v) is 10.4. The number of carbonyl (C=O) groups is 2. The van der Waals surface area contributed by atoms with Crippen molar-refractivity contribution in [2.45, 2.75) is 26.7 Å². The highest BCUT2D eigenvalue weighted by molar-refractivity contribution is 6.04. The number of anilines is 3. The predicted molar refractivity (Wildman–Crippen MR) is 121 cm³/mol. The number of non-ortho nitro benzene ring substituents is 1. The molecule has 164 valence electrons. The molecule has 2 N–H and O–H groups in total. The van der Waals surface area contributed by atoms with Crippen molar-refractivity contribution in [3.05, 3.63) is 58.1 Å². The highest BCUT2D eigenvalue weighted by atomic mass is 16.6. The first kappa shape index (κ1) is 22.1. The zero-order valence-electron chi connectivity index (χ0n) is 17.8. The fourth-order valence-corrected chi connectivity index (χ4v) is 3.66. The van der Waals surface area contributed by atoms with Gasteiger partial charge in [0.25, 0.3) is 11.6 Å². The smallest absolute Gasteiger partial charge is 0.323 e. The molecule has 1 aliphatic rings. The van der Waals surface area contributed by atoms with Crippen LogP contribution in [0.15, 0.2) is 42.5 Å². The van der Waals surface area contributed by atoms with Crippen LogP contribution in [0, 0.1) is 10.1 Å².